The first kappa shape index (κ1) is 14.2. The lowest BCUT2D eigenvalue weighted by molar-refractivity contribution is 0.974. The number of thioether (sulfide) groups is 1. The van der Waals surface area contributed by atoms with E-state index in [0.717, 1.165) is 44.5 Å². The molecular formula is C12H17N5S2. The summed E-state index contributed by atoms with van der Waals surface area (Å²) in [5.41, 5.74) is 2.14. The van der Waals surface area contributed by atoms with E-state index in [4.69, 9.17) is 0 Å². The van der Waals surface area contributed by atoms with Gasteiger partial charge in [-0.05, 0) is 27.7 Å². The van der Waals surface area contributed by atoms with Gasteiger partial charge >= 0.3 is 0 Å². The molecular weight excluding hydrogens is 278 g/mol. The van der Waals surface area contributed by atoms with Crippen molar-refractivity contribution >= 4 is 28.9 Å². The van der Waals surface area contributed by atoms with Crippen molar-refractivity contribution < 1.29 is 0 Å². The molecule has 1 N–H and O–H groups in total. The standard InChI is InChI=1S/C12H17N5S2/c1-7-8(2)14-9(3)15-11(7)13-5-6-18-12-17-16-10(4)19-12/h5-6H2,1-4H3,(H,13,14,15). The summed E-state index contributed by atoms with van der Waals surface area (Å²) < 4.78 is 1.02. The summed E-state index contributed by atoms with van der Waals surface area (Å²) in [6, 6.07) is 0. The van der Waals surface area contributed by atoms with Crippen molar-refractivity contribution in [3.8, 4) is 0 Å². The van der Waals surface area contributed by atoms with Crippen LogP contribution in [-0.4, -0.2) is 32.5 Å². The topological polar surface area (TPSA) is 63.6 Å². The molecule has 102 valence electrons. The highest BCUT2D eigenvalue weighted by atomic mass is 32.2. The maximum Gasteiger partial charge on any atom is 0.174 e. The minimum absolute atomic E-state index is 0.804. The van der Waals surface area contributed by atoms with Gasteiger partial charge in [-0.15, -0.1) is 10.2 Å². The molecule has 0 spiro atoms. The number of hydrogen-bond acceptors (Lipinski definition) is 7. The molecule has 0 saturated carbocycles. The highest BCUT2D eigenvalue weighted by molar-refractivity contribution is 8.01. The lowest BCUT2D eigenvalue weighted by atomic mass is 10.2. The van der Waals surface area contributed by atoms with Crippen LogP contribution in [0.5, 0.6) is 0 Å². The fraction of sp³-hybridized carbons (Fsp3) is 0.500. The number of anilines is 1. The number of nitrogens with one attached hydrogen (secondary N) is 1. The van der Waals surface area contributed by atoms with Crippen molar-refractivity contribution in [3.63, 3.8) is 0 Å². The molecule has 0 radical (unpaired) electrons. The maximum absolute atomic E-state index is 4.43. The zero-order chi connectivity index (χ0) is 13.8. The lowest BCUT2D eigenvalue weighted by Crippen LogP contribution is -2.09. The van der Waals surface area contributed by atoms with Crippen LogP contribution in [0.3, 0.4) is 0 Å². The van der Waals surface area contributed by atoms with Gasteiger partial charge in [0.25, 0.3) is 0 Å². The van der Waals surface area contributed by atoms with E-state index < -0.39 is 0 Å². The summed E-state index contributed by atoms with van der Waals surface area (Å²) in [6.45, 7) is 8.78. The summed E-state index contributed by atoms with van der Waals surface area (Å²) in [5, 5.41) is 12.4. The van der Waals surface area contributed by atoms with Crippen LogP contribution >= 0.6 is 23.1 Å². The van der Waals surface area contributed by atoms with Gasteiger partial charge in [-0.3, -0.25) is 0 Å². The Balaban J connectivity index is 1.86. The van der Waals surface area contributed by atoms with Gasteiger partial charge in [-0.25, -0.2) is 9.97 Å². The van der Waals surface area contributed by atoms with E-state index in [1.807, 2.05) is 27.7 Å². The minimum atomic E-state index is 0.804. The molecule has 0 unspecified atom stereocenters. The van der Waals surface area contributed by atoms with Crippen LogP contribution in [0.1, 0.15) is 22.1 Å². The number of rotatable bonds is 5. The van der Waals surface area contributed by atoms with Crippen LogP contribution in [0.15, 0.2) is 4.34 Å². The molecule has 19 heavy (non-hydrogen) atoms. The van der Waals surface area contributed by atoms with Crippen LogP contribution in [-0.2, 0) is 0 Å². The largest absolute Gasteiger partial charge is 0.369 e. The van der Waals surface area contributed by atoms with E-state index in [0.29, 0.717) is 0 Å². The quantitative estimate of drug-likeness (QED) is 0.676. The predicted molar refractivity (Wildman–Crippen MR) is 80.1 cm³/mol. The van der Waals surface area contributed by atoms with Crippen molar-refractivity contribution in [1.29, 1.82) is 0 Å². The number of aryl methyl sites for hydroxylation is 3. The summed E-state index contributed by atoms with van der Waals surface area (Å²) in [4.78, 5) is 8.76. The first-order valence-electron chi connectivity index (χ1n) is 6.05. The molecule has 2 aromatic rings. The first-order valence-corrected chi connectivity index (χ1v) is 7.85. The summed E-state index contributed by atoms with van der Waals surface area (Å²) in [5.74, 6) is 2.67. The second kappa shape index (κ2) is 6.29. The number of aromatic nitrogens is 4. The minimum Gasteiger partial charge on any atom is -0.369 e. The molecule has 0 aliphatic carbocycles. The maximum atomic E-state index is 4.43. The van der Waals surface area contributed by atoms with E-state index in [-0.39, 0.29) is 0 Å². The lowest BCUT2D eigenvalue weighted by Gasteiger charge is -2.10. The molecule has 0 saturated heterocycles. The molecule has 0 bridgehead atoms. The van der Waals surface area contributed by atoms with Crippen molar-refractivity contribution in [2.45, 2.75) is 32.0 Å². The van der Waals surface area contributed by atoms with Crippen molar-refractivity contribution in [2.24, 2.45) is 0 Å². The van der Waals surface area contributed by atoms with Gasteiger partial charge < -0.3 is 5.32 Å². The third-order valence-corrected chi connectivity index (χ3v) is 4.60. The molecule has 2 rings (SSSR count). The molecule has 2 heterocycles. The van der Waals surface area contributed by atoms with Gasteiger partial charge in [-0.1, -0.05) is 23.1 Å². The van der Waals surface area contributed by atoms with Crippen LogP contribution in [0.25, 0.3) is 0 Å². The van der Waals surface area contributed by atoms with E-state index in [1.54, 1.807) is 23.1 Å². The molecule has 0 aromatic carbocycles. The zero-order valence-electron chi connectivity index (χ0n) is 11.5. The molecule has 0 aliphatic heterocycles. The number of hydrogen-bond donors (Lipinski definition) is 1. The van der Waals surface area contributed by atoms with Gasteiger partial charge in [0.2, 0.25) is 0 Å². The molecule has 2 aromatic heterocycles. The van der Waals surface area contributed by atoms with Crippen LogP contribution in [0.2, 0.25) is 0 Å². The fourth-order valence-corrected chi connectivity index (χ4v) is 3.33. The predicted octanol–water partition coefficient (Wildman–Crippen LogP) is 2.77. The van der Waals surface area contributed by atoms with Crippen LogP contribution in [0.4, 0.5) is 5.82 Å². The van der Waals surface area contributed by atoms with Crippen molar-refractivity contribution in [1.82, 2.24) is 20.2 Å². The third kappa shape index (κ3) is 3.87. The van der Waals surface area contributed by atoms with Gasteiger partial charge in [0.1, 0.15) is 16.6 Å². The van der Waals surface area contributed by atoms with E-state index >= 15 is 0 Å². The van der Waals surface area contributed by atoms with Crippen molar-refractivity contribution in [2.75, 3.05) is 17.6 Å². The van der Waals surface area contributed by atoms with Crippen LogP contribution in [0, 0.1) is 27.7 Å². The van der Waals surface area contributed by atoms with Crippen LogP contribution < -0.4 is 5.32 Å². The average molecular weight is 295 g/mol. The molecule has 0 fully saturated rings. The SMILES string of the molecule is Cc1nc(C)c(C)c(NCCSc2nnc(C)s2)n1. The van der Waals surface area contributed by atoms with E-state index in [9.17, 15) is 0 Å². The summed E-state index contributed by atoms with van der Waals surface area (Å²) >= 11 is 3.34. The normalized spacial score (nSPS) is 10.7. The first-order chi connectivity index (χ1) is 9.06. The number of nitrogens with zero attached hydrogens (tertiary/aromatic N) is 4. The third-order valence-electron chi connectivity index (χ3n) is 2.63. The monoisotopic (exact) mass is 295 g/mol. The Morgan fingerprint density at radius 3 is 2.58 bits per heavy atom. The second-order valence-electron chi connectivity index (χ2n) is 4.19. The summed E-state index contributed by atoms with van der Waals surface area (Å²) in [7, 11) is 0. The Bertz CT molecular complexity index is 567. The average Bonchev–Trinajstić information content (AvgIpc) is 2.76. The molecule has 7 heteroatoms. The summed E-state index contributed by atoms with van der Waals surface area (Å²) in [6.07, 6.45) is 0. The van der Waals surface area contributed by atoms with Gasteiger partial charge in [-0.2, -0.15) is 0 Å². The van der Waals surface area contributed by atoms with E-state index in [1.165, 1.54) is 0 Å². The van der Waals surface area contributed by atoms with Gasteiger partial charge in [0.05, 0.1) is 0 Å². The van der Waals surface area contributed by atoms with E-state index in [2.05, 4.69) is 25.5 Å². The highest BCUT2D eigenvalue weighted by Crippen LogP contribution is 2.21. The zero-order valence-corrected chi connectivity index (χ0v) is 13.2. The molecule has 0 atom stereocenters. The Labute approximate surface area is 121 Å². The molecule has 0 aliphatic rings. The highest BCUT2D eigenvalue weighted by Gasteiger charge is 2.06. The second-order valence-corrected chi connectivity index (χ2v) is 6.72. The van der Waals surface area contributed by atoms with Gasteiger partial charge in [0.15, 0.2) is 4.34 Å². The Hall–Kier alpha value is -1.21. The Kier molecular flexibility index (Phi) is 4.71. The van der Waals surface area contributed by atoms with Crippen molar-refractivity contribution in [3.05, 3.63) is 22.1 Å². The van der Waals surface area contributed by atoms with Gasteiger partial charge in [0, 0.05) is 23.6 Å². The smallest absolute Gasteiger partial charge is 0.174 e. The fourth-order valence-electron chi connectivity index (χ4n) is 1.59. The molecule has 0 amide bonds. The Morgan fingerprint density at radius 1 is 1.11 bits per heavy atom. The molecule has 5 nitrogen and oxygen atoms in total. The Morgan fingerprint density at radius 2 is 1.89 bits per heavy atom.